The van der Waals surface area contributed by atoms with Crippen LogP contribution in [0.15, 0.2) is 54.6 Å². The third kappa shape index (κ3) is 4.63. The molecule has 0 aromatic heterocycles. The van der Waals surface area contributed by atoms with E-state index in [4.69, 9.17) is 42.1 Å². The number of hydrogen-bond donors (Lipinski definition) is 1. The minimum atomic E-state index is 0.249. The first-order valence-corrected chi connectivity index (χ1v) is 9.75. The summed E-state index contributed by atoms with van der Waals surface area (Å²) in [5.41, 5.74) is 2.80. The quantitative estimate of drug-likeness (QED) is 0.502. The van der Waals surface area contributed by atoms with Crippen molar-refractivity contribution in [2.75, 3.05) is 19.2 Å². The molecule has 0 atom stereocenters. The number of fused-ring (bicyclic) bond motifs is 1. The van der Waals surface area contributed by atoms with Gasteiger partial charge < -0.3 is 24.3 Å². The second kappa shape index (κ2) is 8.72. The highest BCUT2D eigenvalue weighted by atomic mass is 35.5. The van der Waals surface area contributed by atoms with E-state index >= 15 is 0 Å². The lowest BCUT2D eigenvalue weighted by Gasteiger charge is -2.15. The van der Waals surface area contributed by atoms with E-state index in [1.54, 1.807) is 13.2 Å². The topological polar surface area (TPSA) is 49.0 Å². The van der Waals surface area contributed by atoms with Crippen LogP contribution in [0.2, 0.25) is 10.0 Å². The highest BCUT2D eigenvalue weighted by Gasteiger charge is 2.14. The molecule has 0 radical (unpaired) electrons. The molecule has 7 heteroatoms. The van der Waals surface area contributed by atoms with Crippen LogP contribution in [0.1, 0.15) is 11.1 Å². The number of ether oxygens (including phenoxy) is 4. The second-order valence-corrected chi connectivity index (χ2v) is 7.27. The minimum absolute atomic E-state index is 0.249. The molecule has 1 N–H and O–H groups in total. The fourth-order valence-corrected chi connectivity index (χ4v) is 3.28. The van der Waals surface area contributed by atoms with Crippen molar-refractivity contribution in [3.05, 3.63) is 75.8 Å². The summed E-state index contributed by atoms with van der Waals surface area (Å²) in [6.07, 6.45) is 0. The highest BCUT2D eigenvalue weighted by molar-refractivity contribution is 6.31. The first-order valence-electron chi connectivity index (χ1n) is 8.99. The molecule has 5 nitrogen and oxygen atoms in total. The van der Waals surface area contributed by atoms with Crippen molar-refractivity contribution in [3.8, 4) is 23.0 Å². The Labute approximate surface area is 179 Å². The number of anilines is 1. The van der Waals surface area contributed by atoms with Crippen LogP contribution in [0, 0.1) is 0 Å². The van der Waals surface area contributed by atoms with Crippen LogP contribution >= 0.6 is 23.2 Å². The van der Waals surface area contributed by atoms with E-state index in [1.807, 2.05) is 48.5 Å². The molecule has 0 bridgehead atoms. The van der Waals surface area contributed by atoms with Crippen molar-refractivity contribution in [2.24, 2.45) is 0 Å². The van der Waals surface area contributed by atoms with E-state index in [1.165, 1.54) is 0 Å². The van der Waals surface area contributed by atoms with Gasteiger partial charge in [0.2, 0.25) is 6.79 Å². The number of hydrogen-bond acceptors (Lipinski definition) is 5. The molecule has 0 saturated heterocycles. The number of halogens is 2. The molecular formula is C22H19Cl2NO4. The normalized spacial score (nSPS) is 12.0. The Morgan fingerprint density at radius 3 is 2.52 bits per heavy atom. The number of rotatable bonds is 7. The molecule has 0 fully saturated rings. The van der Waals surface area contributed by atoms with Crippen molar-refractivity contribution >= 4 is 28.9 Å². The number of nitrogens with one attached hydrogen (secondary N) is 1. The molecule has 29 heavy (non-hydrogen) atoms. The third-order valence-electron chi connectivity index (χ3n) is 4.50. The summed E-state index contributed by atoms with van der Waals surface area (Å²) < 4.78 is 22.1. The zero-order chi connectivity index (χ0) is 20.2. The summed E-state index contributed by atoms with van der Waals surface area (Å²) in [6, 6.07) is 16.8. The molecule has 0 spiro atoms. The fraction of sp³-hybridized carbons (Fsp3) is 0.182. The van der Waals surface area contributed by atoms with Crippen LogP contribution in [-0.4, -0.2) is 13.9 Å². The summed E-state index contributed by atoms with van der Waals surface area (Å²) >= 11 is 12.4. The Hall–Kier alpha value is -2.76. The summed E-state index contributed by atoms with van der Waals surface area (Å²) in [4.78, 5) is 0. The number of benzene rings is 3. The first-order chi connectivity index (χ1) is 14.1. The fourth-order valence-electron chi connectivity index (χ4n) is 2.93. The van der Waals surface area contributed by atoms with E-state index in [0.29, 0.717) is 34.7 Å². The maximum absolute atomic E-state index is 6.48. The van der Waals surface area contributed by atoms with Gasteiger partial charge >= 0.3 is 0 Å². The van der Waals surface area contributed by atoms with Crippen molar-refractivity contribution in [3.63, 3.8) is 0 Å². The molecule has 0 aliphatic carbocycles. The predicted octanol–water partition coefficient (Wildman–Crippen LogP) is 5.92. The highest BCUT2D eigenvalue weighted by Crippen LogP contribution is 2.36. The zero-order valence-electron chi connectivity index (χ0n) is 15.7. The van der Waals surface area contributed by atoms with Gasteiger partial charge in [0, 0.05) is 34.4 Å². The largest absolute Gasteiger partial charge is 0.493 e. The molecular weight excluding hydrogens is 413 g/mol. The Kier molecular flexibility index (Phi) is 5.88. The van der Waals surface area contributed by atoms with Crippen molar-refractivity contribution < 1.29 is 18.9 Å². The van der Waals surface area contributed by atoms with Gasteiger partial charge in [-0.15, -0.1) is 0 Å². The van der Waals surface area contributed by atoms with E-state index in [-0.39, 0.29) is 6.79 Å². The predicted molar refractivity (Wildman–Crippen MR) is 114 cm³/mol. The van der Waals surface area contributed by atoms with Gasteiger partial charge in [-0.1, -0.05) is 35.3 Å². The maximum atomic E-state index is 6.48. The molecule has 1 aliphatic rings. The van der Waals surface area contributed by atoms with Crippen LogP contribution < -0.4 is 24.3 Å². The van der Waals surface area contributed by atoms with Crippen LogP contribution in [-0.2, 0) is 13.2 Å². The van der Waals surface area contributed by atoms with E-state index in [0.717, 1.165) is 28.3 Å². The lowest BCUT2D eigenvalue weighted by atomic mass is 10.2. The maximum Gasteiger partial charge on any atom is 0.231 e. The average molecular weight is 432 g/mol. The van der Waals surface area contributed by atoms with Crippen molar-refractivity contribution in [1.29, 1.82) is 0 Å². The summed E-state index contributed by atoms with van der Waals surface area (Å²) in [5, 5.41) is 4.61. The smallest absolute Gasteiger partial charge is 0.231 e. The van der Waals surface area contributed by atoms with E-state index < -0.39 is 0 Å². The molecule has 0 unspecified atom stereocenters. The lowest BCUT2D eigenvalue weighted by Crippen LogP contribution is -2.03. The molecule has 1 heterocycles. The third-order valence-corrected chi connectivity index (χ3v) is 5.10. The van der Waals surface area contributed by atoms with Crippen molar-refractivity contribution in [1.82, 2.24) is 0 Å². The molecule has 4 rings (SSSR count). The summed E-state index contributed by atoms with van der Waals surface area (Å²) in [5.74, 6) is 2.67. The average Bonchev–Trinajstić information content (AvgIpc) is 3.20. The zero-order valence-corrected chi connectivity index (χ0v) is 17.2. The Morgan fingerprint density at radius 2 is 1.72 bits per heavy atom. The molecule has 0 saturated carbocycles. The van der Waals surface area contributed by atoms with Gasteiger partial charge in [0.25, 0.3) is 0 Å². The van der Waals surface area contributed by atoms with Gasteiger partial charge in [-0.2, -0.15) is 0 Å². The summed E-state index contributed by atoms with van der Waals surface area (Å²) in [7, 11) is 1.60. The number of methoxy groups -OCH3 is 1. The monoisotopic (exact) mass is 431 g/mol. The van der Waals surface area contributed by atoms with Gasteiger partial charge in [0.05, 0.1) is 7.11 Å². The first kappa shape index (κ1) is 19.6. The van der Waals surface area contributed by atoms with Gasteiger partial charge in [-0.05, 0) is 41.5 Å². The van der Waals surface area contributed by atoms with Crippen LogP contribution in [0.3, 0.4) is 0 Å². The standard InChI is InChI=1S/C22H19Cl2NO4/c1-26-20-8-15(11-25-17-6-7-19-21(9-17)29-13-28-19)18(24)10-22(20)27-12-14-2-4-16(23)5-3-14/h2-10,25H,11-13H2,1H3. The minimum Gasteiger partial charge on any atom is -0.493 e. The Balaban J connectivity index is 1.44. The van der Waals surface area contributed by atoms with Crippen LogP contribution in [0.4, 0.5) is 5.69 Å². The molecule has 1 aliphatic heterocycles. The second-order valence-electron chi connectivity index (χ2n) is 6.43. The summed E-state index contributed by atoms with van der Waals surface area (Å²) in [6.45, 7) is 1.16. The van der Waals surface area contributed by atoms with Gasteiger partial charge in [0.1, 0.15) is 6.61 Å². The lowest BCUT2D eigenvalue weighted by molar-refractivity contribution is 0.174. The SMILES string of the molecule is COc1cc(CNc2ccc3c(c2)OCO3)c(Cl)cc1OCc1ccc(Cl)cc1. The molecule has 3 aromatic carbocycles. The van der Waals surface area contributed by atoms with Crippen LogP contribution in [0.25, 0.3) is 0 Å². The van der Waals surface area contributed by atoms with Crippen LogP contribution in [0.5, 0.6) is 23.0 Å². The van der Waals surface area contributed by atoms with E-state index in [2.05, 4.69) is 5.32 Å². The molecule has 0 amide bonds. The molecule has 3 aromatic rings. The van der Waals surface area contributed by atoms with Crippen molar-refractivity contribution in [2.45, 2.75) is 13.2 Å². The Morgan fingerprint density at radius 1 is 0.931 bits per heavy atom. The van der Waals surface area contributed by atoms with Gasteiger partial charge in [-0.3, -0.25) is 0 Å². The van der Waals surface area contributed by atoms with Gasteiger partial charge in [0.15, 0.2) is 23.0 Å². The van der Waals surface area contributed by atoms with Gasteiger partial charge in [-0.25, -0.2) is 0 Å². The molecule has 150 valence electrons. The van der Waals surface area contributed by atoms with E-state index in [9.17, 15) is 0 Å². The Bertz CT molecular complexity index is 1010.